The van der Waals surface area contributed by atoms with Crippen LogP contribution in [-0.4, -0.2) is 25.2 Å². The number of nitrogens with zero attached hydrogens (tertiary/aromatic N) is 1. The van der Waals surface area contributed by atoms with Crippen LogP contribution in [0.15, 0.2) is 27.1 Å². The fourth-order valence-electron chi connectivity index (χ4n) is 2.25. The highest BCUT2D eigenvalue weighted by Crippen LogP contribution is 2.31. The van der Waals surface area contributed by atoms with Gasteiger partial charge in [0.05, 0.1) is 5.69 Å². The van der Waals surface area contributed by atoms with Gasteiger partial charge in [-0.2, -0.15) is 0 Å². The molecule has 0 aliphatic carbocycles. The summed E-state index contributed by atoms with van der Waals surface area (Å²) in [6.45, 7) is 6.65. The van der Waals surface area contributed by atoms with E-state index in [-0.39, 0.29) is 0 Å². The summed E-state index contributed by atoms with van der Waals surface area (Å²) in [5.41, 5.74) is 1.29. The first-order chi connectivity index (χ1) is 8.11. The first kappa shape index (κ1) is 13.4. The van der Waals surface area contributed by atoms with Crippen molar-refractivity contribution >= 4 is 37.5 Å². The summed E-state index contributed by atoms with van der Waals surface area (Å²) in [5.74, 6) is 0. The van der Waals surface area contributed by atoms with Crippen molar-refractivity contribution in [3.8, 4) is 0 Å². The summed E-state index contributed by atoms with van der Waals surface area (Å²) in [5, 5.41) is 3.58. The molecular weight excluding hydrogens is 344 g/mol. The van der Waals surface area contributed by atoms with E-state index in [1.807, 2.05) is 0 Å². The van der Waals surface area contributed by atoms with Crippen LogP contribution in [-0.2, 0) is 0 Å². The molecule has 0 bridgehead atoms. The number of hydrogen-bond acceptors (Lipinski definition) is 2. The molecular formula is C13H18Br2N2. The Bertz CT molecular complexity index is 395. The van der Waals surface area contributed by atoms with Crippen LogP contribution in [0.2, 0.25) is 0 Å². The summed E-state index contributed by atoms with van der Waals surface area (Å²) in [7, 11) is 0. The third-order valence-electron chi connectivity index (χ3n) is 3.36. The largest absolute Gasteiger partial charge is 0.365 e. The second-order valence-electron chi connectivity index (χ2n) is 4.61. The second kappa shape index (κ2) is 5.72. The first-order valence-electron chi connectivity index (χ1n) is 6.07. The molecule has 0 amide bonds. The van der Waals surface area contributed by atoms with E-state index < -0.39 is 0 Å². The van der Waals surface area contributed by atoms with E-state index in [0.717, 1.165) is 22.0 Å². The van der Waals surface area contributed by atoms with Crippen molar-refractivity contribution in [3.63, 3.8) is 0 Å². The van der Waals surface area contributed by atoms with E-state index >= 15 is 0 Å². The van der Waals surface area contributed by atoms with Gasteiger partial charge in [0.2, 0.25) is 0 Å². The molecule has 2 rings (SSSR count). The van der Waals surface area contributed by atoms with Crippen LogP contribution in [0.4, 0.5) is 5.69 Å². The quantitative estimate of drug-likeness (QED) is 0.862. The number of rotatable bonds is 2. The minimum Gasteiger partial charge on any atom is -0.365 e. The van der Waals surface area contributed by atoms with E-state index in [4.69, 9.17) is 0 Å². The molecule has 0 spiro atoms. The van der Waals surface area contributed by atoms with Crippen molar-refractivity contribution in [3.05, 3.63) is 27.1 Å². The van der Waals surface area contributed by atoms with Gasteiger partial charge in [-0.05, 0) is 47.5 Å². The molecule has 1 heterocycles. The van der Waals surface area contributed by atoms with E-state index in [1.54, 1.807) is 0 Å². The van der Waals surface area contributed by atoms with Crippen LogP contribution in [0.25, 0.3) is 0 Å². The van der Waals surface area contributed by atoms with Crippen molar-refractivity contribution in [2.24, 2.45) is 0 Å². The molecule has 4 heteroatoms. The standard InChI is InChI=1S/C13H18Br2N2/c1-3-11-8-17(9(2)7-16-11)13-5-4-10(14)6-12(13)15/h4-6,9,11,16H,3,7-8H2,1-2H3. The summed E-state index contributed by atoms with van der Waals surface area (Å²) in [6, 6.07) is 7.54. The van der Waals surface area contributed by atoms with Crippen LogP contribution in [0.5, 0.6) is 0 Å². The fourth-order valence-corrected chi connectivity index (χ4v) is 3.53. The fraction of sp³-hybridized carbons (Fsp3) is 0.538. The van der Waals surface area contributed by atoms with Crippen molar-refractivity contribution in [1.29, 1.82) is 0 Å². The van der Waals surface area contributed by atoms with Crippen LogP contribution in [0, 0.1) is 0 Å². The summed E-state index contributed by atoms with van der Waals surface area (Å²) < 4.78 is 2.28. The topological polar surface area (TPSA) is 15.3 Å². The van der Waals surface area contributed by atoms with Gasteiger partial charge < -0.3 is 10.2 Å². The zero-order valence-electron chi connectivity index (χ0n) is 10.2. The molecule has 1 aromatic carbocycles. The zero-order chi connectivity index (χ0) is 12.4. The Morgan fingerprint density at radius 2 is 2.18 bits per heavy atom. The maximum absolute atomic E-state index is 3.66. The van der Waals surface area contributed by atoms with Crippen LogP contribution in [0.1, 0.15) is 20.3 Å². The molecule has 0 radical (unpaired) electrons. The lowest BCUT2D eigenvalue weighted by molar-refractivity contribution is 0.397. The van der Waals surface area contributed by atoms with Gasteiger partial charge in [-0.3, -0.25) is 0 Å². The molecule has 17 heavy (non-hydrogen) atoms. The number of benzene rings is 1. The SMILES string of the molecule is CCC1CN(c2ccc(Br)cc2Br)C(C)CN1. The Hall–Kier alpha value is -0.0600. The van der Waals surface area contributed by atoms with Gasteiger partial charge in [-0.15, -0.1) is 0 Å². The molecule has 1 aliphatic heterocycles. The highest BCUT2D eigenvalue weighted by atomic mass is 79.9. The molecule has 0 saturated carbocycles. The molecule has 2 atom stereocenters. The molecule has 2 unspecified atom stereocenters. The summed E-state index contributed by atoms with van der Waals surface area (Å²) in [4.78, 5) is 2.49. The molecule has 94 valence electrons. The van der Waals surface area contributed by atoms with E-state index in [2.05, 4.69) is 74.1 Å². The Kier molecular flexibility index (Phi) is 4.50. The van der Waals surface area contributed by atoms with E-state index in [9.17, 15) is 0 Å². The highest BCUT2D eigenvalue weighted by Gasteiger charge is 2.25. The second-order valence-corrected chi connectivity index (χ2v) is 6.38. The van der Waals surface area contributed by atoms with Crippen molar-refractivity contribution in [2.45, 2.75) is 32.4 Å². The van der Waals surface area contributed by atoms with Gasteiger partial charge in [-0.1, -0.05) is 22.9 Å². The van der Waals surface area contributed by atoms with Crippen molar-refractivity contribution < 1.29 is 0 Å². The maximum atomic E-state index is 3.66. The normalized spacial score (nSPS) is 25.1. The number of piperazine rings is 1. The predicted molar refractivity (Wildman–Crippen MR) is 80.7 cm³/mol. The number of hydrogen-bond donors (Lipinski definition) is 1. The average molecular weight is 362 g/mol. The molecule has 0 aromatic heterocycles. The Balaban J connectivity index is 2.24. The average Bonchev–Trinajstić information content (AvgIpc) is 2.30. The van der Waals surface area contributed by atoms with Crippen LogP contribution < -0.4 is 10.2 Å². The van der Waals surface area contributed by atoms with Crippen LogP contribution in [0.3, 0.4) is 0 Å². The Morgan fingerprint density at radius 1 is 1.41 bits per heavy atom. The molecule has 2 nitrogen and oxygen atoms in total. The van der Waals surface area contributed by atoms with Gasteiger partial charge in [0, 0.05) is 34.1 Å². The maximum Gasteiger partial charge on any atom is 0.0514 e. The summed E-state index contributed by atoms with van der Waals surface area (Å²) >= 11 is 7.16. The monoisotopic (exact) mass is 360 g/mol. The van der Waals surface area contributed by atoms with Crippen molar-refractivity contribution in [1.82, 2.24) is 5.32 Å². The molecule has 1 N–H and O–H groups in total. The van der Waals surface area contributed by atoms with E-state index in [1.165, 1.54) is 12.1 Å². The first-order valence-corrected chi connectivity index (χ1v) is 7.65. The minimum absolute atomic E-state index is 0.537. The smallest absolute Gasteiger partial charge is 0.0514 e. The van der Waals surface area contributed by atoms with Crippen LogP contribution >= 0.6 is 31.9 Å². The predicted octanol–water partition coefficient (Wildman–Crippen LogP) is 3.79. The lowest BCUT2D eigenvalue weighted by atomic mass is 10.1. The summed E-state index contributed by atoms with van der Waals surface area (Å²) in [6.07, 6.45) is 1.18. The van der Waals surface area contributed by atoms with Gasteiger partial charge in [-0.25, -0.2) is 0 Å². The molecule has 1 aromatic rings. The number of halogens is 2. The lowest BCUT2D eigenvalue weighted by Crippen LogP contribution is -2.55. The molecule has 1 saturated heterocycles. The van der Waals surface area contributed by atoms with Gasteiger partial charge in [0.1, 0.15) is 0 Å². The van der Waals surface area contributed by atoms with Crippen molar-refractivity contribution in [2.75, 3.05) is 18.0 Å². The Morgan fingerprint density at radius 3 is 2.82 bits per heavy atom. The lowest BCUT2D eigenvalue weighted by Gasteiger charge is -2.40. The van der Waals surface area contributed by atoms with Gasteiger partial charge in [0.25, 0.3) is 0 Å². The number of nitrogens with one attached hydrogen (secondary N) is 1. The van der Waals surface area contributed by atoms with E-state index in [0.29, 0.717) is 12.1 Å². The number of anilines is 1. The third-order valence-corrected chi connectivity index (χ3v) is 4.49. The minimum atomic E-state index is 0.537. The molecule has 1 aliphatic rings. The van der Waals surface area contributed by atoms with Gasteiger partial charge >= 0.3 is 0 Å². The Labute approximate surface area is 120 Å². The highest BCUT2D eigenvalue weighted by molar-refractivity contribution is 9.11. The zero-order valence-corrected chi connectivity index (χ0v) is 13.4. The molecule has 1 fully saturated rings. The third kappa shape index (κ3) is 3.04. The van der Waals surface area contributed by atoms with Gasteiger partial charge in [0.15, 0.2) is 0 Å².